The lowest BCUT2D eigenvalue weighted by molar-refractivity contribution is 0.514. The van der Waals surface area contributed by atoms with Gasteiger partial charge in [0.15, 0.2) is 0 Å². The van der Waals surface area contributed by atoms with E-state index in [1.54, 1.807) is 17.9 Å². The molecule has 0 aliphatic carbocycles. The van der Waals surface area contributed by atoms with Crippen molar-refractivity contribution in [2.45, 2.75) is 19.5 Å². The molecule has 0 amide bonds. The maximum absolute atomic E-state index is 13.5. The molecule has 6 heteroatoms. The Morgan fingerprint density at radius 2 is 2.17 bits per heavy atom. The summed E-state index contributed by atoms with van der Waals surface area (Å²) >= 11 is 0. The highest BCUT2D eigenvalue weighted by molar-refractivity contribution is 5.21. The summed E-state index contributed by atoms with van der Waals surface area (Å²) in [4.78, 5) is 0. The standard InChI is InChI=1S/C12H14F2N4/c1-8(11-4-3-9(13)5-12(11)14)15-6-10-7-18(2)17-16-10/h3-5,7-8,15H,6H2,1-2H3. The van der Waals surface area contributed by atoms with Gasteiger partial charge in [0.05, 0.1) is 5.69 Å². The zero-order valence-corrected chi connectivity index (χ0v) is 10.2. The zero-order chi connectivity index (χ0) is 13.1. The van der Waals surface area contributed by atoms with E-state index in [0.717, 1.165) is 11.8 Å². The number of nitrogens with zero attached hydrogens (tertiary/aromatic N) is 3. The maximum atomic E-state index is 13.5. The molecule has 0 bridgehead atoms. The van der Waals surface area contributed by atoms with Crippen molar-refractivity contribution in [2.24, 2.45) is 7.05 Å². The molecule has 1 aromatic heterocycles. The van der Waals surface area contributed by atoms with Gasteiger partial charge in [-0.3, -0.25) is 4.68 Å². The van der Waals surface area contributed by atoms with Crippen LogP contribution < -0.4 is 5.32 Å². The van der Waals surface area contributed by atoms with Crippen molar-refractivity contribution in [3.05, 3.63) is 47.3 Å². The van der Waals surface area contributed by atoms with Crippen LogP contribution in [-0.4, -0.2) is 15.0 Å². The number of aromatic nitrogens is 3. The minimum Gasteiger partial charge on any atom is -0.304 e. The summed E-state index contributed by atoms with van der Waals surface area (Å²) in [5.41, 5.74) is 1.20. The van der Waals surface area contributed by atoms with E-state index in [0.29, 0.717) is 12.1 Å². The Morgan fingerprint density at radius 1 is 1.39 bits per heavy atom. The van der Waals surface area contributed by atoms with Crippen LogP contribution in [0.3, 0.4) is 0 Å². The fourth-order valence-corrected chi connectivity index (χ4v) is 1.70. The second kappa shape index (κ2) is 5.22. The second-order valence-corrected chi connectivity index (χ2v) is 4.15. The number of aryl methyl sites for hydroxylation is 1. The molecule has 18 heavy (non-hydrogen) atoms. The molecule has 1 heterocycles. The predicted octanol–water partition coefficient (Wildman–Crippen LogP) is 1.94. The average Bonchev–Trinajstić information content (AvgIpc) is 2.72. The number of hydrogen-bond donors (Lipinski definition) is 1. The van der Waals surface area contributed by atoms with E-state index in [1.165, 1.54) is 12.1 Å². The van der Waals surface area contributed by atoms with Crippen LogP contribution in [0, 0.1) is 11.6 Å². The van der Waals surface area contributed by atoms with E-state index in [4.69, 9.17) is 0 Å². The van der Waals surface area contributed by atoms with Crippen molar-refractivity contribution in [1.29, 1.82) is 0 Å². The Labute approximate surface area is 104 Å². The summed E-state index contributed by atoms with van der Waals surface area (Å²) < 4.78 is 27.9. The molecule has 1 N–H and O–H groups in total. The third-order valence-electron chi connectivity index (χ3n) is 2.67. The summed E-state index contributed by atoms with van der Waals surface area (Å²) in [7, 11) is 1.78. The average molecular weight is 252 g/mol. The molecule has 1 atom stereocenters. The normalized spacial score (nSPS) is 12.7. The summed E-state index contributed by atoms with van der Waals surface area (Å²) in [6.07, 6.45) is 1.78. The summed E-state index contributed by atoms with van der Waals surface area (Å²) in [5.74, 6) is -1.12. The highest BCUT2D eigenvalue weighted by Gasteiger charge is 2.11. The lowest BCUT2D eigenvalue weighted by Crippen LogP contribution is -2.19. The van der Waals surface area contributed by atoms with Gasteiger partial charge in [0, 0.05) is 37.5 Å². The van der Waals surface area contributed by atoms with Crippen molar-refractivity contribution in [3.8, 4) is 0 Å². The highest BCUT2D eigenvalue weighted by atomic mass is 19.1. The van der Waals surface area contributed by atoms with Gasteiger partial charge in [-0.15, -0.1) is 5.10 Å². The molecule has 4 nitrogen and oxygen atoms in total. The van der Waals surface area contributed by atoms with Gasteiger partial charge >= 0.3 is 0 Å². The Kier molecular flexibility index (Phi) is 3.66. The largest absolute Gasteiger partial charge is 0.304 e. The molecule has 0 saturated carbocycles. The van der Waals surface area contributed by atoms with Crippen LogP contribution >= 0.6 is 0 Å². The third kappa shape index (κ3) is 2.89. The monoisotopic (exact) mass is 252 g/mol. The fourth-order valence-electron chi connectivity index (χ4n) is 1.70. The van der Waals surface area contributed by atoms with Crippen molar-refractivity contribution in [2.75, 3.05) is 0 Å². The lowest BCUT2D eigenvalue weighted by Gasteiger charge is -2.14. The Balaban J connectivity index is 2.01. The third-order valence-corrected chi connectivity index (χ3v) is 2.67. The van der Waals surface area contributed by atoms with Gasteiger partial charge in [-0.1, -0.05) is 11.3 Å². The smallest absolute Gasteiger partial charge is 0.130 e. The molecule has 0 aliphatic rings. The van der Waals surface area contributed by atoms with Crippen molar-refractivity contribution >= 4 is 0 Å². The van der Waals surface area contributed by atoms with Crippen molar-refractivity contribution < 1.29 is 8.78 Å². The SMILES string of the molecule is CC(NCc1cn(C)nn1)c1ccc(F)cc1F. The second-order valence-electron chi connectivity index (χ2n) is 4.15. The molecule has 2 rings (SSSR count). The Morgan fingerprint density at radius 3 is 2.78 bits per heavy atom. The molecular weight excluding hydrogens is 238 g/mol. The van der Waals surface area contributed by atoms with Crippen LogP contribution in [0.5, 0.6) is 0 Å². The molecule has 0 radical (unpaired) electrons. The van der Waals surface area contributed by atoms with Gasteiger partial charge in [-0.25, -0.2) is 8.78 Å². The first-order valence-corrected chi connectivity index (χ1v) is 5.60. The molecule has 0 fully saturated rings. The molecule has 1 aromatic carbocycles. The molecule has 0 spiro atoms. The minimum atomic E-state index is -0.572. The van der Waals surface area contributed by atoms with E-state index in [9.17, 15) is 8.78 Å². The molecule has 1 unspecified atom stereocenters. The quantitative estimate of drug-likeness (QED) is 0.904. The predicted molar refractivity (Wildman–Crippen MR) is 62.6 cm³/mol. The summed E-state index contributed by atoms with van der Waals surface area (Å²) in [6, 6.07) is 3.35. The molecular formula is C12H14F2N4. The van der Waals surface area contributed by atoms with Crippen LogP contribution in [0.2, 0.25) is 0 Å². The first-order chi connectivity index (χ1) is 8.56. The van der Waals surface area contributed by atoms with Crippen molar-refractivity contribution in [1.82, 2.24) is 20.3 Å². The van der Waals surface area contributed by atoms with E-state index < -0.39 is 11.6 Å². The van der Waals surface area contributed by atoms with Crippen LogP contribution in [-0.2, 0) is 13.6 Å². The number of rotatable bonds is 4. The maximum Gasteiger partial charge on any atom is 0.130 e. The highest BCUT2D eigenvalue weighted by Crippen LogP contribution is 2.17. The zero-order valence-electron chi connectivity index (χ0n) is 10.2. The number of halogens is 2. The number of benzene rings is 1. The van der Waals surface area contributed by atoms with Gasteiger partial charge in [0.25, 0.3) is 0 Å². The first-order valence-electron chi connectivity index (χ1n) is 5.60. The summed E-state index contributed by atoms with van der Waals surface area (Å²) in [5, 5.41) is 10.8. The van der Waals surface area contributed by atoms with Gasteiger partial charge in [0.1, 0.15) is 11.6 Å². The van der Waals surface area contributed by atoms with Crippen LogP contribution in [0.25, 0.3) is 0 Å². The van der Waals surface area contributed by atoms with Crippen LogP contribution in [0.4, 0.5) is 8.78 Å². The van der Waals surface area contributed by atoms with Gasteiger partial charge in [0.2, 0.25) is 0 Å². The van der Waals surface area contributed by atoms with Crippen molar-refractivity contribution in [3.63, 3.8) is 0 Å². The van der Waals surface area contributed by atoms with E-state index in [2.05, 4.69) is 15.6 Å². The molecule has 2 aromatic rings. The van der Waals surface area contributed by atoms with Gasteiger partial charge in [-0.2, -0.15) is 0 Å². The topological polar surface area (TPSA) is 42.7 Å². The summed E-state index contributed by atoms with van der Waals surface area (Å²) in [6.45, 7) is 2.29. The number of nitrogens with one attached hydrogen (secondary N) is 1. The minimum absolute atomic E-state index is 0.229. The molecule has 96 valence electrons. The molecule has 0 aliphatic heterocycles. The first kappa shape index (κ1) is 12.6. The van der Waals surface area contributed by atoms with Gasteiger partial charge in [-0.05, 0) is 13.0 Å². The Hall–Kier alpha value is -1.82. The van der Waals surface area contributed by atoms with E-state index >= 15 is 0 Å². The molecule has 0 saturated heterocycles. The van der Waals surface area contributed by atoms with Gasteiger partial charge < -0.3 is 5.32 Å². The van der Waals surface area contributed by atoms with E-state index in [-0.39, 0.29) is 6.04 Å². The van der Waals surface area contributed by atoms with E-state index in [1.807, 2.05) is 6.92 Å². The Bertz CT molecular complexity index is 539. The fraction of sp³-hybridized carbons (Fsp3) is 0.333. The number of hydrogen-bond acceptors (Lipinski definition) is 3. The lowest BCUT2D eigenvalue weighted by atomic mass is 10.1. The van der Waals surface area contributed by atoms with Crippen LogP contribution in [0.15, 0.2) is 24.4 Å². The van der Waals surface area contributed by atoms with Crippen LogP contribution in [0.1, 0.15) is 24.2 Å².